The Labute approximate surface area is 122 Å². The Hall–Kier alpha value is -0.110. The Kier molecular flexibility index (Phi) is 5.80. The first kappa shape index (κ1) is 20.9. The number of alkyl halides is 9. The summed E-state index contributed by atoms with van der Waals surface area (Å²) in [6.45, 7) is -0.126. The van der Waals surface area contributed by atoms with Gasteiger partial charge in [-0.25, -0.2) is 13.2 Å². The van der Waals surface area contributed by atoms with Crippen LogP contribution in [0, 0.1) is 0 Å². The highest BCUT2D eigenvalue weighted by molar-refractivity contribution is 7.91. The highest BCUT2D eigenvalue weighted by Crippen LogP contribution is 2.48. The summed E-state index contributed by atoms with van der Waals surface area (Å²) in [5.74, 6) is 0. The smallest absolute Gasteiger partial charge is 0.243 e. The van der Waals surface area contributed by atoms with Crippen molar-refractivity contribution in [3.05, 3.63) is 0 Å². The van der Waals surface area contributed by atoms with Crippen molar-refractivity contribution in [1.82, 2.24) is 3.82 Å². The Bertz CT molecular complexity index is 479. The van der Waals surface area contributed by atoms with Crippen molar-refractivity contribution in [1.29, 1.82) is 0 Å². The molecule has 0 saturated heterocycles. The quantitative estimate of drug-likeness (QED) is 0.378. The lowest BCUT2D eigenvalue weighted by molar-refractivity contribution is -0.442. The second-order valence-corrected chi connectivity index (χ2v) is 6.25. The molecule has 0 N–H and O–H groups in total. The van der Waals surface area contributed by atoms with Crippen molar-refractivity contribution in [2.45, 2.75) is 29.8 Å². The largest absolute Gasteiger partial charge is 0.450 e. The van der Waals surface area contributed by atoms with Crippen LogP contribution in [-0.4, -0.2) is 41.6 Å². The normalized spacial score (nSPS) is 15.6. The molecule has 0 bridgehead atoms. The van der Waals surface area contributed by atoms with E-state index in [2.05, 4.69) is 11.6 Å². The van der Waals surface area contributed by atoms with Gasteiger partial charge in [-0.1, -0.05) is 0 Å². The standard InChI is InChI=1S/C6H5Cl2F8NO3S/c1-2-17(8)21(18,19)6(15,16)5(13,14)20-4(11,12)3(7,9)10/h2H2,1H3. The minimum absolute atomic E-state index is 0.832. The molecule has 15 heteroatoms. The van der Waals surface area contributed by atoms with E-state index in [1.54, 1.807) is 0 Å². The van der Waals surface area contributed by atoms with Crippen molar-refractivity contribution in [3.8, 4) is 0 Å². The molecule has 128 valence electrons. The minimum Gasteiger partial charge on any atom is -0.243 e. The van der Waals surface area contributed by atoms with Gasteiger partial charge in [-0.15, -0.1) is 3.82 Å². The second-order valence-electron chi connectivity index (χ2n) is 3.26. The summed E-state index contributed by atoms with van der Waals surface area (Å²) in [5, 5.41) is -12.2. The first-order valence-electron chi connectivity index (χ1n) is 4.52. The number of ether oxygens (including phenoxy) is 1. The van der Waals surface area contributed by atoms with Crippen molar-refractivity contribution in [3.63, 3.8) is 0 Å². The number of hydrogen-bond acceptors (Lipinski definition) is 3. The summed E-state index contributed by atoms with van der Waals surface area (Å²) in [4.78, 5) is 0. The van der Waals surface area contributed by atoms with E-state index in [0.717, 1.165) is 6.92 Å². The van der Waals surface area contributed by atoms with Crippen molar-refractivity contribution < 1.29 is 48.3 Å². The summed E-state index contributed by atoms with van der Waals surface area (Å²) in [6, 6.07) is 0. The highest BCUT2D eigenvalue weighted by Gasteiger charge is 2.74. The lowest BCUT2D eigenvalue weighted by atomic mass is 10.6. The molecular weight excluding hydrogens is 389 g/mol. The molecule has 0 aliphatic rings. The van der Waals surface area contributed by atoms with Gasteiger partial charge in [-0.3, -0.25) is 0 Å². The molecule has 0 aromatic rings. The molecule has 0 aromatic heterocycles. The summed E-state index contributed by atoms with van der Waals surface area (Å²) in [7, 11) is -6.40. The monoisotopic (exact) mass is 393 g/mol. The molecular formula is C6H5Cl2F8NO3S. The van der Waals surface area contributed by atoms with E-state index in [0.29, 0.717) is 0 Å². The second kappa shape index (κ2) is 5.83. The van der Waals surface area contributed by atoms with Crippen molar-refractivity contribution in [2.24, 2.45) is 0 Å². The maximum atomic E-state index is 13.1. The van der Waals surface area contributed by atoms with Crippen LogP contribution in [0.3, 0.4) is 0 Å². The lowest BCUT2D eigenvalue weighted by Gasteiger charge is -2.31. The van der Waals surface area contributed by atoms with Crippen LogP contribution in [0.15, 0.2) is 0 Å². The first-order chi connectivity index (χ1) is 8.94. The molecule has 0 amide bonds. The molecule has 0 spiro atoms. The molecule has 0 aliphatic carbocycles. The van der Waals surface area contributed by atoms with Gasteiger partial charge in [0.2, 0.25) is 0 Å². The first-order valence-corrected chi connectivity index (χ1v) is 6.68. The fourth-order valence-electron chi connectivity index (χ4n) is 0.723. The van der Waals surface area contributed by atoms with Crippen molar-refractivity contribution in [2.75, 3.05) is 6.54 Å². The Morgan fingerprint density at radius 3 is 1.67 bits per heavy atom. The van der Waals surface area contributed by atoms with Crippen molar-refractivity contribution >= 4 is 33.4 Å². The predicted molar refractivity (Wildman–Crippen MR) is 53.9 cm³/mol. The molecule has 0 atom stereocenters. The van der Waals surface area contributed by atoms with Gasteiger partial charge in [0.05, 0.1) is 0 Å². The Morgan fingerprint density at radius 1 is 1.00 bits per heavy atom. The molecule has 21 heavy (non-hydrogen) atoms. The van der Waals surface area contributed by atoms with Crippen LogP contribution < -0.4 is 0 Å². The van der Waals surface area contributed by atoms with E-state index in [-0.39, 0.29) is 0 Å². The number of rotatable bonds is 7. The van der Waals surface area contributed by atoms with E-state index in [1.807, 2.05) is 4.74 Å². The summed E-state index contributed by atoms with van der Waals surface area (Å²) in [5.41, 5.74) is 0. The van der Waals surface area contributed by atoms with Crippen LogP contribution in [0.2, 0.25) is 0 Å². The average molecular weight is 394 g/mol. The van der Waals surface area contributed by atoms with Gasteiger partial charge in [0, 0.05) is 6.54 Å². The predicted octanol–water partition coefficient (Wildman–Crippen LogP) is 3.42. The van der Waals surface area contributed by atoms with Crippen LogP contribution in [0.5, 0.6) is 0 Å². The third-order valence-electron chi connectivity index (χ3n) is 1.76. The van der Waals surface area contributed by atoms with Gasteiger partial charge in [-0.05, 0) is 30.3 Å². The summed E-state index contributed by atoms with van der Waals surface area (Å²) >= 11 is 8.44. The Balaban J connectivity index is 5.71. The molecule has 4 nitrogen and oxygen atoms in total. The van der Waals surface area contributed by atoms with E-state index < -0.39 is 43.2 Å². The van der Waals surface area contributed by atoms with E-state index in [1.165, 1.54) is 0 Å². The molecule has 0 aromatic carbocycles. The van der Waals surface area contributed by atoms with E-state index >= 15 is 0 Å². The fourth-order valence-corrected chi connectivity index (χ4v) is 1.95. The third kappa shape index (κ3) is 3.81. The minimum atomic E-state index is -6.56. The van der Waals surface area contributed by atoms with Crippen LogP contribution in [0.25, 0.3) is 0 Å². The zero-order valence-electron chi connectivity index (χ0n) is 9.57. The Morgan fingerprint density at radius 2 is 1.38 bits per heavy atom. The molecule has 0 saturated carbocycles. The maximum absolute atomic E-state index is 13.1. The number of sulfonamides is 1. The highest BCUT2D eigenvalue weighted by atomic mass is 35.5. The summed E-state index contributed by atoms with van der Waals surface area (Å²) < 4.78 is 124. The lowest BCUT2D eigenvalue weighted by Crippen LogP contribution is -2.57. The molecule has 0 fully saturated rings. The molecule has 0 heterocycles. The molecule has 0 radical (unpaired) electrons. The van der Waals surface area contributed by atoms with Crippen LogP contribution in [0.1, 0.15) is 6.92 Å². The SMILES string of the molecule is CCN(Cl)S(=O)(=O)C(F)(F)C(F)(F)OC(F)(F)C(F)(F)Cl. The van der Waals surface area contributed by atoms with Crippen LogP contribution >= 0.6 is 23.4 Å². The number of nitrogens with zero attached hydrogens (tertiary/aromatic N) is 1. The molecule has 0 rings (SSSR count). The number of halogens is 10. The zero-order chi connectivity index (χ0) is 17.5. The van der Waals surface area contributed by atoms with Gasteiger partial charge < -0.3 is 0 Å². The van der Waals surface area contributed by atoms with E-state index in [4.69, 9.17) is 11.8 Å². The average Bonchev–Trinajstić information content (AvgIpc) is 2.24. The maximum Gasteiger partial charge on any atom is 0.450 e. The van der Waals surface area contributed by atoms with Crippen LogP contribution in [-0.2, 0) is 14.8 Å². The van der Waals surface area contributed by atoms with Gasteiger partial charge >= 0.3 is 32.9 Å². The van der Waals surface area contributed by atoms with Gasteiger partial charge in [-0.2, -0.15) is 35.1 Å². The van der Waals surface area contributed by atoms with Gasteiger partial charge in [0.25, 0.3) is 0 Å². The topological polar surface area (TPSA) is 46.6 Å². The molecule has 0 unspecified atom stereocenters. The van der Waals surface area contributed by atoms with Crippen LogP contribution in [0.4, 0.5) is 35.1 Å². The number of hydrogen-bond donors (Lipinski definition) is 0. The van der Waals surface area contributed by atoms with Gasteiger partial charge in [0.15, 0.2) is 0 Å². The summed E-state index contributed by atoms with van der Waals surface area (Å²) in [6.07, 6.45) is -12.9. The molecule has 0 aliphatic heterocycles. The van der Waals surface area contributed by atoms with E-state index in [9.17, 15) is 43.5 Å². The fraction of sp³-hybridized carbons (Fsp3) is 1.00. The third-order valence-corrected chi connectivity index (χ3v) is 4.43. The van der Waals surface area contributed by atoms with Gasteiger partial charge in [0.1, 0.15) is 0 Å². The zero-order valence-corrected chi connectivity index (χ0v) is 11.9.